The second kappa shape index (κ2) is 12.9. The van der Waals surface area contributed by atoms with Crippen molar-refractivity contribution in [3.63, 3.8) is 0 Å². The molecule has 0 bridgehead atoms. The van der Waals surface area contributed by atoms with Crippen LogP contribution in [-0.2, 0) is 20.8 Å². The molecule has 0 aliphatic carbocycles. The topological polar surface area (TPSA) is 101 Å². The highest BCUT2D eigenvalue weighted by Crippen LogP contribution is 2.43. The lowest BCUT2D eigenvalue weighted by atomic mass is 9.83. The Kier molecular flexibility index (Phi) is 9.35. The average molecular weight is 512 g/mol. The maximum Gasteiger partial charge on any atom is 0.308 e. The number of amides is 1. The van der Waals surface area contributed by atoms with Gasteiger partial charge in [0.05, 0.1) is 19.1 Å². The van der Waals surface area contributed by atoms with Crippen LogP contribution in [-0.4, -0.2) is 71.0 Å². The van der Waals surface area contributed by atoms with Gasteiger partial charge in [0.15, 0.2) is 11.5 Å². The lowest BCUT2D eigenvalue weighted by molar-refractivity contribution is -0.188. The number of nitrogens with zero attached hydrogens (tertiary/aromatic N) is 3. The number of aromatic nitrogens is 1. The number of unbranched alkanes of at least 4 members (excludes halogenated alkanes) is 1. The van der Waals surface area contributed by atoms with Gasteiger partial charge in [-0.1, -0.05) is 32.4 Å². The van der Waals surface area contributed by atoms with Gasteiger partial charge in [0.2, 0.25) is 6.79 Å². The summed E-state index contributed by atoms with van der Waals surface area (Å²) in [5.74, 6) is -0.701. The third-order valence-electron chi connectivity index (χ3n) is 7.06. The molecule has 1 amide bonds. The first-order valence-corrected chi connectivity index (χ1v) is 13.2. The van der Waals surface area contributed by atoms with Gasteiger partial charge in [-0.25, -0.2) is 5.06 Å². The summed E-state index contributed by atoms with van der Waals surface area (Å²) < 4.78 is 11.0. The first-order valence-electron chi connectivity index (χ1n) is 13.2. The van der Waals surface area contributed by atoms with Crippen molar-refractivity contribution in [2.75, 3.05) is 33.0 Å². The molecule has 3 heterocycles. The monoisotopic (exact) mass is 511 g/mol. The molecule has 1 aromatic heterocycles. The number of hydrogen-bond acceptors (Lipinski definition) is 7. The number of hydrogen-bond donors (Lipinski definition) is 1. The molecule has 1 aromatic carbocycles. The third-order valence-corrected chi connectivity index (χ3v) is 7.06. The van der Waals surface area contributed by atoms with Crippen LogP contribution in [0, 0.1) is 5.92 Å². The molecule has 2 aliphatic heterocycles. The van der Waals surface area contributed by atoms with E-state index in [1.807, 2.05) is 48.2 Å². The predicted molar refractivity (Wildman–Crippen MR) is 137 cm³/mol. The van der Waals surface area contributed by atoms with Crippen LogP contribution in [0.3, 0.4) is 0 Å². The van der Waals surface area contributed by atoms with Crippen LogP contribution >= 0.6 is 0 Å². The Balaban J connectivity index is 1.59. The maximum atomic E-state index is 13.4. The Morgan fingerprint density at radius 3 is 2.73 bits per heavy atom. The van der Waals surface area contributed by atoms with Crippen LogP contribution in [0.1, 0.15) is 56.7 Å². The number of fused-ring (bicyclic) bond motifs is 1. The highest BCUT2D eigenvalue weighted by Gasteiger charge is 2.47. The van der Waals surface area contributed by atoms with Gasteiger partial charge in [-0.3, -0.25) is 24.3 Å². The zero-order chi connectivity index (χ0) is 26.2. The molecule has 0 saturated carbocycles. The van der Waals surface area contributed by atoms with Gasteiger partial charge in [0, 0.05) is 36.9 Å². The van der Waals surface area contributed by atoms with Crippen molar-refractivity contribution in [2.45, 2.75) is 57.9 Å². The van der Waals surface area contributed by atoms with E-state index < -0.39 is 11.9 Å². The number of pyridine rings is 1. The highest BCUT2D eigenvalue weighted by molar-refractivity contribution is 5.78. The van der Waals surface area contributed by atoms with Gasteiger partial charge in [-0.05, 0) is 55.5 Å². The molecule has 2 aliphatic rings. The minimum atomic E-state index is -0.867. The van der Waals surface area contributed by atoms with Crippen molar-refractivity contribution >= 4 is 11.9 Å². The summed E-state index contributed by atoms with van der Waals surface area (Å²) in [5, 5.41) is 11.8. The standard InChI is InChI=1S/C28H37N3O6/c1-3-5-14-31(37-15-4-2)26(32)18-30-17-22(20-9-12-24-25(16-20)36-19-35-24)27(28(33)34)23(30)11-10-21-8-6-7-13-29-21/h6-9,12-13,16,22-23,27H,3-5,10-11,14-15,17-19H2,1-2H3,(H,33,34)/t22-,23-,27+/m1/s1. The molecule has 0 radical (unpaired) electrons. The van der Waals surface area contributed by atoms with E-state index in [4.69, 9.17) is 14.3 Å². The van der Waals surface area contributed by atoms with Crippen molar-refractivity contribution in [1.82, 2.24) is 14.9 Å². The zero-order valence-electron chi connectivity index (χ0n) is 21.7. The Bertz CT molecular complexity index is 1040. The molecular formula is C28H37N3O6. The van der Waals surface area contributed by atoms with Crippen LogP contribution in [0.4, 0.5) is 0 Å². The summed E-state index contributed by atoms with van der Waals surface area (Å²) >= 11 is 0. The second-order valence-corrected chi connectivity index (χ2v) is 9.62. The number of aliphatic carboxylic acids is 1. The summed E-state index contributed by atoms with van der Waals surface area (Å²) in [5.41, 5.74) is 1.78. The Labute approximate surface area is 218 Å². The number of likely N-dealkylation sites (tertiary alicyclic amines) is 1. The molecule has 3 atom stereocenters. The number of ether oxygens (including phenoxy) is 2. The van der Waals surface area contributed by atoms with Crippen LogP contribution in [0.5, 0.6) is 11.5 Å². The van der Waals surface area contributed by atoms with Crippen LogP contribution in [0.2, 0.25) is 0 Å². The normalized spacial score (nSPS) is 20.8. The first-order chi connectivity index (χ1) is 18.0. The predicted octanol–water partition coefficient (Wildman–Crippen LogP) is 3.88. The molecule has 0 spiro atoms. The Hall–Kier alpha value is -3.17. The van der Waals surface area contributed by atoms with Crippen LogP contribution in [0.25, 0.3) is 0 Å². The molecule has 9 nitrogen and oxygen atoms in total. The lowest BCUT2D eigenvalue weighted by Crippen LogP contribution is -2.44. The van der Waals surface area contributed by atoms with E-state index in [0.717, 1.165) is 30.5 Å². The summed E-state index contributed by atoms with van der Waals surface area (Å²) in [7, 11) is 0. The SMILES string of the molecule is CCCCN(OCCC)C(=O)CN1C[C@H](c2ccc3c(c2)OCO3)[C@H](C(=O)O)[C@H]1CCc1ccccn1. The van der Waals surface area contributed by atoms with Gasteiger partial charge < -0.3 is 14.6 Å². The van der Waals surface area contributed by atoms with Crippen LogP contribution in [0.15, 0.2) is 42.6 Å². The van der Waals surface area contributed by atoms with E-state index >= 15 is 0 Å². The number of rotatable bonds is 13. The number of carbonyl (C=O) groups is 2. The van der Waals surface area contributed by atoms with Crippen molar-refractivity contribution in [3.8, 4) is 11.5 Å². The Morgan fingerprint density at radius 1 is 1.16 bits per heavy atom. The van der Waals surface area contributed by atoms with Gasteiger partial charge in [-0.15, -0.1) is 0 Å². The minimum Gasteiger partial charge on any atom is -0.481 e. The van der Waals surface area contributed by atoms with E-state index in [1.54, 1.807) is 6.20 Å². The molecule has 1 saturated heterocycles. The minimum absolute atomic E-state index is 0.102. The molecule has 1 fully saturated rings. The van der Waals surface area contributed by atoms with Crippen molar-refractivity contribution in [2.24, 2.45) is 5.92 Å². The molecule has 37 heavy (non-hydrogen) atoms. The quantitative estimate of drug-likeness (QED) is 0.405. The summed E-state index contributed by atoms with van der Waals surface area (Å²) in [6.07, 6.45) is 5.54. The van der Waals surface area contributed by atoms with Crippen molar-refractivity contribution in [3.05, 3.63) is 53.9 Å². The number of carbonyl (C=O) groups excluding carboxylic acids is 1. The number of carboxylic acids is 1. The fourth-order valence-electron chi connectivity index (χ4n) is 5.19. The molecule has 200 valence electrons. The molecule has 2 aromatic rings. The van der Waals surface area contributed by atoms with E-state index in [0.29, 0.717) is 44.0 Å². The lowest BCUT2D eigenvalue weighted by Gasteiger charge is -2.29. The van der Waals surface area contributed by atoms with Gasteiger partial charge in [-0.2, -0.15) is 0 Å². The van der Waals surface area contributed by atoms with Crippen LogP contribution < -0.4 is 9.47 Å². The van der Waals surface area contributed by atoms with E-state index in [-0.39, 0.29) is 31.2 Å². The van der Waals surface area contributed by atoms with Gasteiger partial charge in [0.25, 0.3) is 5.91 Å². The summed E-state index contributed by atoms with van der Waals surface area (Å²) in [4.78, 5) is 38.2. The fourth-order valence-corrected chi connectivity index (χ4v) is 5.19. The fraction of sp³-hybridized carbons (Fsp3) is 0.536. The smallest absolute Gasteiger partial charge is 0.308 e. The number of aryl methyl sites for hydroxylation is 1. The summed E-state index contributed by atoms with van der Waals surface area (Å²) in [6, 6.07) is 11.0. The van der Waals surface area contributed by atoms with E-state index in [9.17, 15) is 14.7 Å². The molecule has 0 unspecified atom stereocenters. The summed E-state index contributed by atoms with van der Waals surface area (Å²) in [6.45, 7) is 5.78. The second-order valence-electron chi connectivity index (χ2n) is 9.62. The van der Waals surface area contributed by atoms with Crippen molar-refractivity contribution < 1.29 is 29.0 Å². The molecular weight excluding hydrogens is 474 g/mol. The number of benzene rings is 1. The van der Waals surface area contributed by atoms with Gasteiger partial charge in [0.1, 0.15) is 0 Å². The largest absolute Gasteiger partial charge is 0.481 e. The maximum absolute atomic E-state index is 13.4. The number of hydroxylamine groups is 2. The molecule has 4 rings (SSSR count). The van der Waals surface area contributed by atoms with Gasteiger partial charge >= 0.3 is 5.97 Å². The average Bonchev–Trinajstić information content (AvgIpc) is 3.52. The molecule has 9 heteroatoms. The first kappa shape index (κ1) is 26.9. The highest BCUT2D eigenvalue weighted by atomic mass is 16.7. The molecule has 1 N–H and O–H groups in total. The van der Waals surface area contributed by atoms with Crippen molar-refractivity contribution in [1.29, 1.82) is 0 Å². The Morgan fingerprint density at radius 2 is 2.00 bits per heavy atom. The zero-order valence-corrected chi connectivity index (χ0v) is 21.7. The van der Waals surface area contributed by atoms with E-state index in [2.05, 4.69) is 11.9 Å². The third kappa shape index (κ3) is 6.59. The van der Waals surface area contributed by atoms with E-state index in [1.165, 1.54) is 5.06 Å². The number of carboxylic acid groups (broad SMARTS) is 1.